The zero-order valence-corrected chi connectivity index (χ0v) is 11.0. The lowest BCUT2D eigenvalue weighted by atomic mass is 10.2. The van der Waals surface area contributed by atoms with E-state index < -0.39 is 10.9 Å². The summed E-state index contributed by atoms with van der Waals surface area (Å²) < 4.78 is 10.1. The summed E-state index contributed by atoms with van der Waals surface area (Å²) in [7, 11) is 0. The van der Waals surface area contributed by atoms with E-state index in [1.54, 1.807) is 13.0 Å². The molecule has 0 N–H and O–H groups in total. The molecule has 0 heterocycles. The molecule has 19 heavy (non-hydrogen) atoms. The Morgan fingerprint density at radius 1 is 1.42 bits per heavy atom. The molecule has 0 aliphatic rings. The lowest BCUT2D eigenvalue weighted by Gasteiger charge is -2.07. The van der Waals surface area contributed by atoms with E-state index in [4.69, 9.17) is 9.47 Å². The van der Waals surface area contributed by atoms with Gasteiger partial charge in [0.2, 0.25) is 0 Å². The largest absolute Gasteiger partial charge is 0.475 e. The molecule has 0 aromatic heterocycles. The van der Waals surface area contributed by atoms with Crippen LogP contribution in [0.5, 0.6) is 5.75 Å². The number of esters is 1. The van der Waals surface area contributed by atoms with Crippen LogP contribution in [0.3, 0.4) is 0 Å². The maximum Gasteiger partial charge on any atom is 0.344 e. The minimum absolute atomic E-state index is 0.0810. The lowest BCUT2D eigenvalue weighted by molar-refractivity contribution is -0.385. The van der Waals surface area contributed by atoms with Crippen molar-refractivity contribution in [3.05, 3.63) is 33.9 Å². The Morgan fingerprint density at radius 3 is 2.79 bits per heavy atom. The second-order valence-corrected chi connectivity index (χ2v) is 4.09. The standard InChI is InChI=1S/C13H17NO5/c1-3-4-7-18-13(15)9-19-12-8-10(2)5-6-11(12)14(16)17/h5-6,8H,3-4,7,9H2,1-2H3. The van der Waals surface area contributed by atoms with E-state index in [0.717, 1.165) is 18.4 Å². The number of hydrogen-bond donors (Lipinski definition) is 0. The van der Waals surface area contributed by atoms with Crippen LogP contribution in [0.2, 0.25) is 0 Å². The molecular formula is C13H17NO5. The van der Waals surface area contributed by atoms with Gasteiger partial charge < -0.3 is 9.47 Å². The Labute approximate surface area is 111 Å². The maximum atomic E-state index is 11.3. The van der Waals surface area contributed by atoms with E-state index in [-0.39, 0.29) is 18.0 Å². The number of rotatable bonds is 7. The van der Waals surface area contributed by atoms with Gasteiger partial charge in [-0.05, 0) is 25.0 Å². The molecule has 0 radical (unpaired) electrons. The Hall–Kier alpha value is -2.11. The molecule has 0 spiro atoms. The molecule has 0 amide bonds. The van der Waals surface area contributed by atoms with Gasteiger partial charge in [0.25, 0.3) is 0 Å². The number of nitro groups is 1. The summed E-state index contributed by atoms with van der Waals surface area (Å²) in [4.78, 5) is 21.6. The van der Waals surface area contributed by atoms with Crippen molar-refractivity contribution >= 4 is 11.7 Å². The van der Waals surface area contributed by atoms with Gasteiger partial charge in [0.15, 0.2) is 12.4 Å². The van der Waals surface area contributed by atoms with Crippen molar-refractivity contribution in [2.75, 3.05) is 13.2 Å². The lowest BCUT2D eigenvalue weighted by Crippen LogP contribution is -2.16. The van der Waals surface area contributed by atoms with Crippen LogP contribution in [-0.2, 0) is 9.53 Å². The van der Waals surface area contributed by atoms with Crippen LogP contribution in [0.1, 0.15) is 25.3 Å². The number of unbranched alkanes of at least 4 members (excludes halogenated alkanes) is 1. The average molecular weight is 267 g/mol. The molecule has 1 aromatic rings. The molecule has 0 fully saturated rings. The minimum atomic E-state index is -0.544. The Bertz CT molecular complexity index is 458. The van der Waals surface area contributed by atoms with Crippen molar-refractivity contribution in [1.82, 2.24) is 0 Å². The van der Waals surface area contributed by atoms with E-state index in [2.05, 4.69) is 0 Å². The molecule has 0 atom stereocenters. The van der Waals surface area contributed by atoms with Crippen LogP contribution < -0.4 is 4.74 Å². The first kappa shape index (κ1) is 14.9. The number of nitro benzene ring substituents is 1. The average Bonchev–Trinajstić information content (AvgIpc) is 2.36. The first-order valence-electron chi connectivity index (χ1n) is 6.08. The number of hydrogen-bond acceptors (Lipinski definition) is 5. The van der Waals surface area contributed by atoms with Gasteiger partial charge >= 0.3 is 11.7 Å². The third kappa shape index (κ3) is 4.95. The molecule has 1 aromatic carbocycles. The summed E-state index contributed by atoms with van der Waals surface area (Å²) in [5.41, 5.74) is 0.659. The molecular weight excluding hydrogens is 250 g/mol. The van der Waals surface area contributed by atoms with Crippen LogP contribution in [-0.4, -0.2) is 24.1 Å². The van der Waals surface area contributed by atoms with E-state index in [9.17, 15) is 14.9 Å². The van der Waals surface area contributed by atoms with Gasteiger partial charge in [-0.25, -0.2) is 4.79 Å². The normalized spacial score (nSPS) is 10.0. The number of aryl methyl sites for hydroxylation is 1. The summed E-state index contributed by atoms with van der Waals surface area (Å²) in [5, 5.41) is 10.8. The summed E-state index contributed by atoms with van der Waals surface area (Å²) in [6.45, 7) is 3.79. The number of nitrogens with zero attached hydrogens (tertiary/aromatic N) is 1. The molecule has 0 bridgehead atoms. The Balaban J connectivity index is 2.59. The van der Waals surface area contributed by atoms with E-state index in [1.165, 1.54) is 12.1 Å². The minimum Gasteiger partial charge on any atom is -0.475 e. The molecule has 0 saturated carbocycles. The van der Waals surface area contributed by atoms with Crippen molar-refractivity contribution in [3.8, 4) is 5.75 Å². The van der Waals surface area contributed by atoms with Gasteiger partial charge in [-0.15, -0.1) is 0 Å². The molecule has 6 nitrogen and oxygen atoms in total. The number of ether oxygens (including phenoxy) is 2. The Kier molecular flexibility index (Phi) is 5.78. The molecule has 0 aliphatic carbocycles. The summed E-state index contributed by atoms with van der Waals surface area (Å²) in [6.07, 6.45) is 1.72. The van der Waals surface area contributed by atoms with Crippen molar-refractivity contribution < 1.29 is 19.2 Å². The highest BCUT2D eigenvalue weighted by Gasteiger charge is 2.16. The fourth-order valence-corrected chi connectivity index (χ4v) is 1.40. The fourth-order valence-electron chi connectivity index (χ4n) is 1.40. The molecule has 104 valence electrons. The van der Waals surface area contributed by atoms with E-state index in [0.29, 0.717) is 6.61 Å². The Morgan fingerprint density at radius 2 is 2.16 bits per heavy atom. The van der Waals surface area contributed by atoms with Crippen molar-refractivity contribution in [1.29, 1.82) is 0 Å². The third-order valence-electron chi connectivity index (χ3n) is 2.42. The second-order valence-electron chi connectivity index (χ2n) is 4.09. The fraction of sp³-hybridized carbons (Fsp3) is 0.462. The van der Waals surface area contributed by atoms with Gasteiger partial charge in [0.05, 0.1) is 11.5 Å². The van der Waals surface area contributed by atoms with Crippen LogP contribution in [0.25, 0.3) is 0 Å². The van der Waals surface area contributed by atoms with Crippen molar-refractivity contribution in [2.24, 2.45) is 0 Å². The first-order valence-corrected chi connectivity index (χ1v) is 6.08. The SMILES string of the molecule is CCCCOC(=O)COc1cc(C)ccc1[N+](=O)[O-]. The van der Waals surface area contributed by atoms with Gasteiger partial charge in [-0.2, -0.15) is 0 Å². The number of carbonyl (C=O) groups is 1. The third-order valence-corrected chi connectivity index (χ3v) is 2.42. The van der Waals surface area contributed by atoms with Gasteiger partial charge in [-0.3, -0.25) is 10.1 Å². The quantitative estimate of drug-likeness (QED) is 0.328. The topological polar surface area (TPSA) is 78.7 Å². The second kappa shape index (κ2) is 7.35. The molecule has 0 unspecified atom stereocenters. The maximum absolute atomic E-state index is 11.3. The van der Waals surface area contributed by atoms with Gasteiger partial charge in [0, 0.05) is 6.07 Å². The number of benzene rings is 1. The van der Waals surface area contributed by atoms with Crippen molar-refractivity contribution in [2.45, 2.75) is 26.7 Å². The van der Waals surface area contributed by atoms with E-state index >= 15 is 0 Å². The molecule has 0 aliphatic heterocycles. The predicted octanol–water partition coefficient (Wildman–Crippen LogP) is 2.63. The zero-order chi connectivity index (χ0) is 14.3. The molecule has 0 saturated heterocycles. The number of carbonyl (C=O) groups excluding carboxylic acids is 1. The molecule has 1 rings (SSSR count). The van der Waals surface area contributed by atoms with Crippen LogP contribution in [0.15, 0.2) is 18.2 Å². The monoisotopic (exact) mass is 267 g/mol. The van der Waals surface area contributed by atoms with Gasteiger partial charge in [-0.1, -0.05) is 19.4 Å². The van der Waals surface area contributed by atoms with Crippen LogP contribution in [0.4, 0.5) is 5.69 Å². The van der Waals surface area contributed by atoms with Crippen LogP contribution in [0, 0.1) is 17.0 Å². The van der Waals surface area contributed by atoms with Crippen molar-refractivity contribution in [3.63, 3.8) is 0 Å². The van der Waals surface area contributed by atoms with Crippen LogP contribution >= 0.6 is 0 Å². The highest BCUT2D eigenvalue weighted by molar-refractivity contribution is 5.71. The predicted molar refractivity (Wildman–Crippen MR) is 69.2 cm³/mol. The first-order chi connectivity index (χ1) is 9.04. The highest BCUT2D eigenvalue weighted by atomic mass is 16.6. The summed E-state index contributed by atoms with van der Waals surface area (Å²) >= 11 is 0. The zero-order valence-electron chi connectivity index (χ0n) is 11.0. The highest BCUT2D eigenvalue weighted by Crippen LogP contribution is 2.27. The smallest absolute Gasteiger partial charge is 0.344 e. The summed E-state index contributed by atoms with van der Waals surface area (Å²) in [5.74, 6) is -0.443. The molecule has 6 heteroatoms. The summed E-state index contributed by atoms with van der Waals surface area (Å²) in [6, 6.07) is 4.50. The van der Waals surface area contributed by atoms with E-state index in [1.807, 2.05) is 6.92 Å². The van der Waals surface area contributed by atoms with Gasteiger partial charge in [0.1, 0.15) is 0 Å².